The predicted octanol–water partition coefficient (Wildman–Crippen LogP) is 3.88. The largest absolute Gasteiger partial charge is 0.351 e. The summed E-state index contributed by atoms with van der Waals surface area (Å²) in [6.07, 6.45) is 2.68. The maximum atomic E-state index is 12.0. The highest BCUT2D eigenvalue weighted by Crippen LogP contribution is 2.26. The first-order chi connectivity index (χ1) is 10.2. The van der Waals surface area contributed by atoms with Gasteiger partial charge in [-0.1, -0.05) is 18.5 Å². The lowest BCUT2D eigenvalue weighted by atomic mass is 10.3. The second-order valence-corrected chi connectivity index (χ2v) is 6.14. The molecule has 4 nitrogen and oxygen atoms in total. The van der Waals surface area contributed by atoms with Gasteiger partial charge >= 0.3 is 0 Å². The number of carbonyl (C=O) groups excluding carboxylic acids is 1. The number of hydrogen-bond donors (Lipinski definition) is 1. The summed E-state index contributed by atoms with van der Waals surface area (Å²) in [5.41, 5.74) is 1.81. The fourth-order valence-electron chi connectivity index (χ4n) is 2.07. The fraction of sp³-hybridized carbons (Fsp3) is 0.200. The molecule has 6 heteroatoms. The van der Waals surface area contributed by atoms with Crippen LogP contribution >= 0.6 is 22.9 Å². The predicted molar refractivity (Wildman–Crippen MR) is 86.6 cm³/mol. The molecule has 21 heavy (non-hydrogen) atoms. The summed E-state index contributed by atoms with van der Waals surface area (Å²) < 4.78 is 1.97. The lowest BCUT2D eigenvalue weighted by molar-refractivity contribution is 0.0957. The molecule has 3 aromatic rings. The normalized spacial score (nSPS) is 11.0. The zero-order valence-corrected chi connectivity index (χ0v) is 13.0. The molecule has 1 amide bonds. The molecule has 0 aliphatic rings. The van der Waals surface area contributed by atoms with Crippen LogP contribution in [0.1, 0.15) is 23.0 Å². The number of nitrogens with zero attached hydrogens (tertiary/aromatic N) is 2. The van der Waals surface area contributed by atoms with Crippen LogP contribution in [0.25, 0.3) is 16.0 Å². The maximum absolute atomic E-state index is 12.0. The number of amides is 1. The van der Waals surface area contributed by atoms with Crippen LogP contribution < -0.4 is 5.32 Å². The first-order valence-corrected chi connectivity index (χ1v) is 7.89. The Labute approximate surface area is 131 Å². The molecule has 1 aromatic carbocycles. The molecule has 0 bridgehead atoms. The first-order valence-electron chi connectivity index (χ1n) is 6.70. The molecule has 0 radical (unpaired) electrons. The Bertz CT molecular complexity index is 793. The number of thiophene rings is 1. The number of carbonyl (C=O) groups is 1. The van der Waals surface area contributed by atoms with E-state index in [9.17, 15) is 4.79 Å². The highest BCUT2D eigenvalue weighted by atomic mass is 35.5. The van der Waals surface area contributed by atoms with Crippen LogP contribution in [0.3, 0.4) is 0 Å². The van der Waals surface area contributed by atoms with Gasteiger partial charge in [-0.05, 0) is 36.8 Å². The summed E-state index contributed by atoms with van der Waals surface area (Å²) in [6, 6.07) is 9.37. The van der Waals surface area contributed by atoms with E-state index in [1.807, 2.05) is 41.8 Å². The summed E-state index contributed by atoms with van der Waals surface area (Å²) in [7, 11) is 0. The molecule has 3 rings (SSSR count). The smallest absolute Gasteiger partial charge is 0.261 e. The van der Waals surface area contributed by atoms with Gasteiger partial charge in [-0.3, -0.25) is 9.36 Å². The number of halogens is 1. The van der Waals surface area contributed by atoms with Gasteiger partial charge in [0.2, 0.25) is 0 Å². The van der Waals surface area contributed by atoms with E-state index in [0.717, 1.165) is 22.5 Å². The molecule has 0 spiro atoms. The fourth-order valence-corrected chi connectivity index (χ4v) is 3.14. The maximum Gasteiger partial charge on any atom is 0.261 e. The minimum Gasteiger partial charge on any atom is -0.351 e. The Morgan fingerprint density at radius 3 is 3.05 bits per heavy atom. The van der Waals surface area contributed by atoms with Gasteiger partial charge in [0.1, 0.15) is 11.3 Å². The van der Waals surface area contributed by atoms with Crippen LogP contribution in [0.5, 0.6) is 0 Å². The van der Waals surface area contributed by atoms with E-state index in [1.165, 1.54) is 11.3 Å². The van der Waals surface area contributed by atoms with Crippen molar-refractivity contribution in [1.82, 2.24) is 14.9 Å². The Balaban J connectivity index is 1.93. The molecule has 2 aromatic heterocycles. The molecule has 0 aliphatic carbocycles. The van der Waals surface area contributed by atoms with Crippen molar-refractivity contribution in [1.29, 1.82) is 0 Å². The minimum atomic E-state index is -0.0273. The van der Waals surface area contributed by atoms with E-state index in [-0.39, 0.29) is 5.91 Å². The van der Waals surface area contributed by atoms with E-state index in [0.29, 0.717) is 16.4 Å². The molecule has 0 atom stereocenters. The molecule has 0 saturated carbocycles. The number of fused-ring (bicyclic) bond motifs is 1. The van der Waals surface area contributed by atoms with E-state index in [4.69, 9.17) is 11.6 Å². The SMILES string of the molecule is CCCNC(=O)c1ccc(-n2cnc3cc(Cl)ccc32)s1. The standard InChI is InChI=1S/C15H14ClN3OS/c1-2-7-17-15(20)13-5-6-14(21-13)19-9-18-11-8-10(16)3-4-12(11)19/h3-6,8-9H,2,7H2,1H3,(H,17,20). The summed E-state index contributed by atoms with van der Waals surface area (Å²) in [4.78, 5) is 17.0. The van der Waals surface area contributed by atoms with E-state index in [1.54, 1.807) is 6.33 Å². The molecule has 1 N–H and O–H groups in total. The average molecular weight is 320 g/mol. The van der Waals surface area contributed by atoms with Gasteiger partial charge in [-0.15, -0.1) is 11.3 Å². The van der Waals surface area contributed by atoms with E-state index < -0.39 is 0 Å². The first kappa shape index (κ1) is 14.1. The lowest BCUT2D eigenvalue weighted by Gasteiger charge is -2.01. The highest BCUT2D eigenvalue weighted by molar-refractivity contribution is 7.16. The van der Waals surface area contributed by atoms with Crippen molar-refractivity contribution in [3.8, 4) is 5.00 Å². The molecule has 2 heterocycles. The van der Waals surface area contributed by atoms with Crippen molar-refractivity contribution in [2.24, 2.45) is 0 Å². The van der Waals surface area contributed by atoms with Gasteiger partial charge < -0.3 is 5.32 Å². The van der Waals surface area contributed by atoms with Crippen molar-refractivity contribution in [3.63, 3.8) is 0 Å². The van der Waals surface area contributed by atoms with Crippen molar-refractivity contribution in [2.45, 2.75) is 13.3 Å². The topological polar surface area (TPSA) is 46.9 Å². The number of nitrogens with one attached hydrogen (secondary N) is 1. The molecule has 0 fully saturated rings. The van der Waals surface area contributed by atoms with Gasteiger partial charge in [0, 0.05) is 11.6 Å². The van der Waals surface area contributed by atoms with Crippen molar-refractivity contribution in [3.05, 3.63) is 46.6 Å². The van der Waals surface area contributed by atoms with Crippen LogP contribution in [0.15, 0.2) is 36.7 Å². The number of aromatic nitrogens is 2. The number of benzene rings is 1. The molecule has 0 unspecified atom stereocenters. The molecular formula is C15H14ClN3OS. The van der Waals surface area contributed by atoms with Crippen molar-refractivity contribution in [2.75, 3.05) is 6.54 Å². The van der Waals surface area contributed by atoms with E-state index in [2.05, 4.69) is 10.3 Å². The Hall–Kier alpha value is -1.85. The quantitative estimate of drug-likeness (QED) is 0.793. The molecular weight excluding hydrogens is 306 g/mol. The van der Waals surface area contributed by atoms with Gasteiger partial charge in [-0.2, -0.15) is 0 Å². The summed E-state index contributed by atoms with van der Waals surface area (Å²) in [6.45, 7) is 2.72. The second-order valence-electron chi connectivity index (χ2n) is 4.64. The lowest BCUT2D eigenvalue weighted by Crippen LogP contribution is -2.22. The van der Waals surface area contributed by atoms with Crippen LogP contribution in [-0.4, -0.2) is 22.0 Å². The molecule has 0 saturated heterocycles. The highest BCUT2D eigenvalue weighted by Gasteiger charge is 2.11. The second kappa shape index (κ2) is 5.87. The van der Waals surface area contributed by atoms with E-state index >= 15 is 0 Å². The molecule has 0 aliphatic heterocycles. The molecule has 108 valence electrons. The van der Waals surface area contributed by atoms with Gasteiger partial charge in [0.05, 0.1) is 15.9 Å². The van der Waals surface area contributed by atoms with Crippen LogP contribution in [0, 0.1) is 0 Å². The Morgan fingerprint density at radius 1 is 1.38 bits per heavy atom. The number of hydrogen-bond acceptors (Lipinski definition) is 3. The monoisotopic (exact) mass is 319 g/mol. The number of imidazole rings is 1. The zero-order chi connectivity index (χ0) is 14.8. The third kappa shape index (κ3) is 2.80. The summed E-state index contributed by atoms with van der Waals surface area (Å²) in [5.74, 6) is -0.0273. The average Bonchev–Trinajstić information content (AvgIpc) is 3.10. The zero-order valence-electron chi connectivity index (χ0n) is 11.5. The third-order valence-corrected chi connectivity index (χ3v) is 4.42. The van der Waals surface area contributed by atoms with Gasteiger partial charge in [-0.25, -0.2) is 4.98 Å². The van der Waals surface area contributed by atoms with Crippen LogP contribution in [0.2, 0.25) is 5.02 Å². The van der Waals surface area contributed by atoms with Crippen molar-refractivity contribution >= 4 is 39.9 Å². The van der Waals surface area contributed by atoms with Gasteiger partial charge in [0.15, 0.2) is 0 Å². The van der Waals surface area contributed by atoms with Crippen LogP contribution in [-0.2, 0) is 0 Å². The number of rotatable bonds is 4. The third-order valence-electron chi connectivity index (χ3n) is 3.10. The Kier molecular flexibility index (Phi) is 3.94. The summed E-state index contributed by atoms with van der Waals surface area (Å²) >= 11 is 7.41. The Morgan fingerprint density at radius 2 is 2.24 bits per heavy atom. The summed E-state index contributed by atoms with van der Waals surface area (Å²) in [5, 5.41) is 4.51. The minimum absolute atomic E-state index is 0.0273. The van der Waals surface area contributed by atoms with Gasteiger partial charge in [0.25, 0.3) is 5.91 Å². The van der Waals surface area contributed by atoms with Crippen molar-refractivity contribution < 1.29 is 4.79 Å². The van der Waals surface area contributed by atoms with Crippen LogP contribution in [0.4, 0.5) is 0 Å².